The summed E-state index contributed by atoms with van der Waals surface area (Å²) in [5, 5.41) is 4.47. The molecule has 1 aliphatic heterocycles. The first-order chi connectivity index (χ1) is 15.8. The Morgan fingerprint density at radius 3 is 2.39 bits per heavy atom. The van der Waals surface area contributed by atoms with Gasteiger partial charge in [-0.15, -0.1) is 0 Å². The van der Waals surface area contributed by atoms with Crippen LogP contribution in [0.25, 0.3) is 11.9 Å². The van der Waals surface area contributed by atoms with Crippen molar-refractivity contribution in [3.63, 3.8) is 0 Å². The van der Waals surface area contributed by atoms with Gasteiger partial charge in [0, 0.05) is 70.2 Å². The third-order valence-electron chi connectivity index (χ3n) is 5.69. The molecule has 1 aliphatic rings. The Morgan fingerprint density at radius 1 is 1.03 bits per heavy atom. The van der Waals surface area contributed by atoms with Crippen molar-refractivity contribution in [1.29, 1.82) is 0 Å². The molecule has 1 aromatic carbocycles. The molecule has 2 N–H and O–H groups in total. The number of hydrogen-bond donors (Lipinski definition) is 1. The molecule has 0 aliphatic carbocycles. The lowest BCUT2D eigenvalue weighted by Gasteiger charge is -2.35. The van der Waals surface area contributed by atoms with E-state index in [1.165, 1.54) is 12.1 Å². The highest BCUT2D eigenvalue weighted by atomic mass is 19.1. The van der Waals surface area contributed by atoms with Crippen LogP contribution in [0.4, 0.5) is 26.2 Å². The fourth-order valence-electron chi connectivity index (χ4n) is 3.83. The zero-order chi connectivity index (χ0) is 23.5. The van der Waals surface area contributed by atoms with Gasteiger partial charge in [-0.1, -0.05) is 12.2 Å². The van der Waals surface area contributed by atoms with E-state index >= 15 is 0 Å². The Labute approximate surface area is 191 Å². The Balaban J connectivity index is 1.37. The van der Waals surface area contributed by atoms with Crippen LogP contribution in [0.3, 0.4) is 0 Å². The molecule has 3 aromatic rings. The number of nitrogens with two attached hydrogens (primary N) is 1. The summed E-state index contributed by atoms with van der Waals surface area (Å²) in [4.78, 5) is 14.7. The number of benzene rings is 1. The van der Waals surface area contributed by atoms with Crippen molar-refractivity contribution in [2.75, 3.05) is 62.4 Å². The molecule has 0 bridgehead atoms. The zero-order valence-electron chi connectivity index (χ0n) is 19.0. The van der Waals surface area contributed by atoms with Gasteiger partial charge < -0.3 is 15.5 Å². The van der Waals surface area contributed by atoms with Gasteiger partial charge in [0.1, 0.15) is 17.5 Å². The van der Waals surface area contributed by atoms with Gasteiger partial charge in [0.2, 0.25) is 5.95 Å². The number of rotatable bonds is 6. The molecular formula is C23H28F2N8. The molecule has 0 amide bonds. The molecule has 3 heterocycles. The van der Waals surface area contributed by atoms with Crippen LogP contribution in [-0.4, -0.2) is 71.5 Å². The van der Waals surface area contributed by atoms with Crippen LogP contribution in [0.15, 0.2) is 36.5 Å². The smallest absolute Gasteiger partial charge is 0.224 e. The number of anilines is 3. The standard InChI is InChI=1S/C23H28F2N8/c1-16-17(15-27-33(16)22-14-21(30(2)3)28-23(26)29-22)5-4-6-31-7-9-32(10-8-31)20-12-18(24)11-19(25)13-20/h4-5,11-15H,6-10H2,1-3H3,(H2,26,28,29)/b5-4+. The van der Waals surface area contributed by atoms with Gasteiger partial charge in [-0.2, -0.15) is 15.1 Å². The van der Waals surface area contributed by atoms with Gasteiger partial charge >= 0.3 is 0 Å². The predicted molar refractivity (Wildman–Crippen MR) is 127 cm³/mol. The first kappa shape index (κ1) is 22.7. The summed E-state index contributed by atoms with van der Waals surface area (Å²) >= 11 is 0. The summed E-state index contributed by atoms with van der Waals surface area (Å²) in [7, 11) is 3.79. The van der Waals surface area contributed by atoms with E-state index in [1.807, 2.05) is 43.0 Å². The molecule has 1 fully saturated rings. The van der Waals surface area contributed by atoms with Crippen LogP contribution in [0.5, 0.6) is 0 Å². The Bertz CT molecular complexity index is 1130. The van der Waals surface area contributed by atoms with Crippen LogP contribution in [-0.2, 0) is 0 Å². The third kappa shape index (κ3) is 5.28. The van der Waals surface area contributed by atoms with E-state index in [-0.39, 0.29) is 5.95 Å². The fourth-order valence-corrected chi connectivity index (χ4v) is 3.83. The lowest BCUT2D eigenvalue weighted by molar-refractivity contribution is 0.284. The summed E-state index contributed by atoms with van der Waals surface area (Å²) in [6.45, 7) is 5.83. The van der Waals surface area contributed by atoms with Crippen molar-refractivity contribution >= 4 is 23.5 Å². The van der Waals surface area contributed by atoms with Crippen LogP contribution >= 0.6 is 0 Å². The number of nitrogens with zero attached hydrogens (tertiary/aromatic N) is 7. The average molecular weight is 455 g/mol. The first-order valence-corrected chi connectivity index (χ1v) is 10.8. The first-order valence-electron chi connectivity index (χ1n) is 10.8. The summed E-state index contributed by atoms with van der Waals surface area (Å²) < 4.78 is 28.7. The van der Waals surface area contributed by atoms with E-state index < -0.39 is 11.6 Å². The second kappa shape index (κ2) is 9.53. The molecular weight excluding hydrogens is 426 g/mol. The average Bonchev–Trinajstić information content (AvgIpc) is 3.13. The molecule has 0 atom stereocenters. The molecule has 0 radical (unpaired) electrons. The Kier molecular flexibility index (Phi) is 6.55. The quantitative estimate of drug-likeness (QED) is 0.614. The van der Waals surface area contributed by atoms with E-state index in [9.17, 15) is 8.78 Å². The third-order valence-corrected chi connectivity index (χ3v) is 5.69. The SMILES string of the molecule is Cc1c(/C=C/CN2CCN(c3cc(F)cc(F)c3)CC2)cnn1-c1cc(N(C)C)nc(N)n1. The molecule has 8 nitrogen and oxygen atoms in total. The minimum atomic E-state index is -0.547. The minimum absolute atomic E-state index is 0.198. The molecule has 0 saturated carbocycles. The molecule has 0 unspecified atom stereocenters. The molecule has 4 rings (SSSR count). The number of piperazine rings is 1. The van der Waals surface area contributed by atoms with E-state index in [1.54, 1.807) is 10.9 Å². The van der Waals surface area contributed by atoms with Gasteiger partial charge in [0.05, 0.1) is 11.9 Å². The summed E-state index contributed by atoms with van der Waals surface area (Å²) in [5.41, 5.74) is 8.40. The molecule has 0 spiro atoms. The normalized spacial score (nSPS) is 14.9. The van der Waals surface area contributed by atoms with Crippen molar-refractivity contribution in [1.82, 2.24) is 24.6 Å². The van der Waals surface area contributed by atoms with Crippen molar-refractivity contribution in [2.24, 2.45) is 0 Å². The molecule has 1 saturated heterocycles. The lowest BCUT2D eigenvalue weighted by atomic mass is 10.2. The molecule has 10 heteroatoms. The van der Waals surface area contributed by atoms with E-state index in [4.69, 9.17) is 5.73 Å². The molecule has 2 aromatic heterocycles. The van der Waals surface area contributed by atoms with Crippen molar-refractivity contribution < 1.29 is 8.78 Å². The van der Waals surface area contributed by atoms with Gasteiger partial charge in [-0.05, 0) is 19.1 Å². The lowest BCUT2D eigenvalue weighted by Crippen LogP contribution is -2.46. The fraction of sp³-hybridized carbons (Fsp3) is 0.348. The molecule has 174 valence electrons. The van der Waals surface area contributed by atoms with Crippen molar-refractivity contribution in [3.8, 4) is 5.82 Å². The van der Waals surface area contributed by atoms with E-state index in [0.717, 1.165) is 50.0 Å². The maximum Gasteiger partial charge on any atom is 0.224 e. The monoisotopic (exact) mass is 454 g/mol. The van der Waals surface area contributed by atoms with Crippen molar-refractivity contribution in [2.45, 2.75) is 6.92 Å². The topological polar surface area (TPSA) is 79.3 Å². The predicted octanol–water partition coefficient (Wildman–Crippen LogP) is 2.73. The van der Waals surface area contributed by atoms with Crippen molar-refractivity contribution in [3.05, 3.63) is 59.4 Å². The highest BCUT2D eigenvalue weighted by Crippen LogP contribution is 2.20. The maximum atomic E-state index is 13.5. The summed E-state index contributed by atoms with van der Waals surface area (Å²) in [6, 6.07) is 5.50. The van der Waals surface area contributed by atoms with Crippen LogP contribution in [0.2, 0.25) is 0 Å². The zero-order valence-corrected chi connectivity index (χ0v) is 19.0. The van der Waals surface area contributed by atoms with Gasteiger partial charge in [0.15, 0.2) is 5.82 Å². The van der Waals surface area contributed by atoms with E-state index in [0.29, 0.717) is 17.3 Å². The molecule has 33 heavy (non-hydrogen) atoms. The van der Waals surface area contributed by atoms with Crippen LogP contribution in [0, 0.1) is 18.6 Å². The van der Waals surface area contributed by atoms with Gasteiger partial charge in [0.25, 0.3) is 0 Å². The second-order valence-electron chi connectivity index (χ2n) is 8.25. The van der Waals surface area contributed by atoms with Gasteiger partial charge in [-0.3, -0.25) is 4.90 Å². The Morgan fingerprint density at radius 2 is 1.73 bits per heavy atom. The second-order valence-corrected chi connectivity index (χ2v) is 8.25. The number of hydrogen-bond acceptors (Lipinski definition) is 7. The summed E-state index contributed by atoms with van der Waals surface area (Å²) in [6.07, 6.45) is 5.95. The number of halogens is 2. The number of nitrogen functional groups attached to an aromatic ring is 1. The van der Waals surface area contributed by atoms with E-state index in [2.05, 4.69) is 26.0 Å². The van der Waals surface area contributed by atoms with Crippen LogP contribution < -0.4 is 15.5 Å². The number of aromatic nitrogens is 4. The largest absolute Gasteiger partial charge is 0.369 e. The minimum Gasteiger partial charge on any atom is -0.369 e. The maximum absolute atomic E-state index is 13.5. The van der Waals surface area contributed by atoms with Gasteiger partial charge in [-0.25, -0.2) is 13.5 Å². The summed E-state index contributed by atoms with van der Waals surface area (Å²) in [5.74, 6) is 0.434. The highest BCUT2D eigenvalue weighted by molar-refractivity contribution is 5.54. The van der Waals surface area contributed by atoms with Crippen LogP contribution in [0.1, 0.15) is 11.3 Å². The highest BCUT2D eigenvalue weighted by Gasteiger charge is 2.17. The Hall–Kier alpha value is -3.53.